The first kappa shape index (κ1) is 54.9. The Kier molecular flexibility index (Phi) is 13.2. The number of pyridine rings is 1. The topological polar surface area (TPSA) is 33.5 Å². The summed E-state index contributed by atoms with van der Waals surface area (Å²) in [6, 6.07) is 86.1. The highest BCUT2D eigenvalue weighted by molar-refractivity contribution is 6.09. The predicted molar refractivity (Wildman–Crippen MR) is 375 cm³/mol. The minimum atomic E-state index is -1.67. The number of benzene rings is 10. The molecule has 0 fully saturated rings. The van der Waals surface area contributed by atoms with Gasteiger partial charge >= 0.3 is 0 Å². The van der Waals surface area contributed by atoms with Gasteiger partial charge in [0.05, 0.1) is 33.5 Å². The number of hydrogen-bond donors (Lipinski definition) is 0. The summed E-state index contributed by atoms with van der Waals surface area (Å²) >= 11 is 0. The molecule has 0 unspecified atom stereocenters. The van der Waals surface area contributed by atoms with Crippen LogP contribution in [0.25, 0.3) is 61.0 Å². The maximum atomic E-state index is 9.79. The van der Waals surface area contributed by atoms with Crippen LogP contribution in [-0.4, -0.2) is 16.2 Å². The zero-order chi connectivity index (χ0) is 63.6. The Hall–Kier alpha value is -9.45. The molecule has 10 aromatic carbocycles. The lowest BCUT2D eigenvalue weighted by molar-refractivity contribution is 0.411. The van der Waals surface area contributed by atoms with Gasteiger partial charge in [0, 0.05) is 48.7 Å². The van der Waals surface area contributed by atoms with Crippen molar-refractivity contribution in [3.8, 4) is 50.7 Å². The Labute approximate surface area is 529 Å². The molecule has 0 amide bonds. The van der Waals surface area contributed by atoms with E-state index in [1.165, 1.54) is 44.5 Å². The van der Waals surface area contributed by atoms with Crippen LogP contribution >= 0.6 is 0 Å². The van der Waals surface area contributed by atoms with E-state index in [1.807, 2.05) is 27.0 Å². The molecule has 0 spiro atoms. The van der Waals surface area contributed by atoms with Crippen molar-refractivity contribution in [2.45, 2.75) is 111 Å². The van der Waals surface area contributed by atoms with E-state index in [2.05, 4.69) is 313 Å². The highest BCUT2D eigenvalue weighted by atomic mass is 16.5. The molecule has 0 N–H and O–H groups in total. The zero-order valence-electron chi connectivity index (χ0n) is 55.5. The molecule has 0 saturated carbocycles. The minimum Gasteiger partial charge on any atom is -0.457 e. The van der Waals surface area contributed by atoms with E-state index in [0.29, 0.717) is 23.7 Å². The first-order chi connectivity index (χ1) is 43.4. The van der Waals surface area contributed by atoms with Crippen molar-refractivity contribution < 1.29 is 7.48 Å². The Morgan fingerprint density at radius 3 is 1.56 bits per heavy atom. The van der Waals surface area contributed by atoms with Gasteiger partial charge in [-0.25, -0.2) is 4.98 Å². The van der Waals surface area contributed by atoms with Gasteiger partial charge in [-0.2, -0.15) is 0 Å². The Morgan fingerprint density at radius 1 is 0.438 bits per heavy atom. The lowest BCUT2D eigenvalue weighted by atomic mass is 9.65. The van der Waals surface area contributed by atoms with E-state index in [0.717, 1.165) is 78.2 Å². The standard InChI is InChI=1S/C84H80N4O/c1-80(2,3)53-55-43-70(56-27-15-13-16-28-56)79(71(44-55)57-29-17-14-18-30-57)87-54-86(75-37-25-26-38-76(75)87)63-48-62(84(61-46-59(82(7,8)9)45-60(47-61)83(10,11)12)72-34-22-19-31-66(72)67-32-20-23-35-73(67)84)49-65(51-63)89-64-39-40-69-68-33-21-24-36-74(68)88(77(69)52-64)78-50-58(41-42-85-78)81(4,5)6/h13-52H,53-54H2,1-12H3/i53D2. The summed E-state index contributed by atoms with van der Waals surface area (Å²) in [4.78, 5) is 9.96. The summed E-state index contributed by atoms with van der Waals surface area (Å²) in [5.41, 5.74) is 19.7. The van der Waals surface area contributed by atoms with Crippen LogP contribution in [0.4, 0.5) is 22.7 Å². The van der Waals surface area contributed by atoms with Crippen LogP contribution in [-0.2, 0) is 28.0 Å². The van der Waals surface area contributed by atoms with Gasteiger partial charge < -0.3 is 14.5 Å². The second-order valence-corrected chi connectivity index (χ2v) is 28.7. The highest BCUT2D eigenvalue weighted by Crippen LogP contribution is 2.59. The van der Waals surface area contributed by atoms with E-state index in [9.17, 15) is 2.74 Å². The molecule has 0 radical (unpaired) electrons. The largest absolute Gasteiger partial charge is 0.457 e. The third-order valence-electron chi connectivity index (χ3n) is 18.2. The van der Waals surface area contributed by atoms with Gasteiger partial charge in [0.1, 0.15) is 24.0 Å². The van der Waals surface area contributed by atoms with Crippen LogP contribution in [0.5, 0.6) is 11.5 Å². The highest BCUT2D eigenvalue weighted by Gasteiger charge is 2.48. The van der Waals surface area contributed by atoms with Gasteiger partial charge in [0.25, 0.3) is 0 Å². The minimum absolute atomic E-state index is 0.0804. The number of anilines is 4. The second-order valence-electron chi connectivity index (χ2n) is 28.7. The molecule has 2 aromatic heterocycles. The summed E-state index contributed by atoms with van der Waals surface area (Å²) in [5, 5.41) is 2.27. The molecule has 0 bridgehead atoms. The van der Waals surface area contributed by atoms with Gasteiger partial charge in [0.2, 0.25) is 0 Å². The number of ether oxygens (including phenoxy) is 1. The number of nitrogens with zero attached hydrogens (tertiary/aromatic N) is 4. The Balaban J connectivity index is 1.04. The first-order valence-corrected chi connectivity index (χ1v) is 31.5. The summed E-state index contributed by atoms with van der Waals surface area (Å²) in [6.07, 6.45) is 0.262. The molecule has 3 heterocycles. The van der Waals surface area contributed by atoms with Gasteiger partial charge in [0.15, 0.2) is 0 Å². The third-order valence-corrected chi connectivity index (χ3v) is 18.2. The second kappa shape index (κ2) is 21.4. The maximum Gasteiger partial charge on any atom is 0.137 e. The molecule has 12 aromatic rings. The third kappa shape index (κ3) is 10.2. The average molecular weight is 1160 g/mol. The molecule has 0 saturated heterocycles. The van der Waals surface area contributed by atoms with Crippen molar-refractivity contribution in [2.75, 3.05) is 16.5 Å². The Morgan fingerprint density at radius 2 is 0.966 bits per heavy atom. The van der Waals surface area contributed by atoms with Gasteiger partial charge in [-0.3, -0.25) is 4.57 Å². The summed E-state index contributed by atoms with van der Waals surface area (Å²) in [6.45, 7) is 27.2. The van der Waals surface area contributed by atoms with Crippen molar-refractivity contribution in [3.05, 3.63) is 287 Å². The van der Waals surface area contributed by atoms with Crippen LogP contribution in [0.3, 0.4) is 0 Å². The van der Waals surface area contributed by atoms with Crippen molar-refractivity contribution in [1.82, 2.24) is 9.55 Å². The van der Waals surface area contributed by atoms with E-state index in [-0.39, 0.29) is 16.2 Å². The SMILES string of the molecule is [2H]C([2H])(c1cc(-c2ccccc2)c(N2CN(c3cc(Oc4ccc5c6ccccc6n(-c6cc(C(C)(C)C)ccn6)c5c4)cc(C4(c5cc(C(C)(C)C)cc(C(C)(C)C)c5)c5ccccc5-c5ccccc54)c3)c3ccccc32)c(-c2ccccc2)c1)C(C)(C)C. The zero-order valence-corrected chi connectivity index (χ0v) is 53.5. The lowest BCUT2D eigenvalue weighted by Crippen LogP contribution is -2.31. The van der Waals surface area contributed by atoms with Gasteiger partial charge in [-0.1, -0.05) is 241 Å². The van der Waals surface area contributed by atoms with Gasteiger partial charge in [-0.15, -0.1) is 0 Å². The normalized spacial score (nSPS) is 14.4. The number of hydrogen-bond acceptors (Lipinski definition) is 4. The quantitative estimate of drug-likeness (QED) is 0.137. The molecule has 1 aliphatic carbocycles. The molecule has 5 nitrogen and oxygen atoms in total. The predicted octanol–water partition coefficient (Wildman–Crippen LogP) is 22.4. The molecule has 89 heavy (non-hydrogen) atoms. The van der Waals surface area contributed by atoms with Crippen molar-refractivity contribution in [3.63, 3.8) is 0 Å². The summed E-state index contributed by atoms with van der Waals surface area (Å²) in [7, 11) is 0. The van der Waals surface area contributed by atoms with E-state index >= 15 is 0 Å². The fourth-order valence-corrected chi connectivity index (χ4v) is 13.9. The fourth-order valence-electron chi connectivity index (χ4n) is 13.9. The number of fused-ring (bicyclic) bond motifs is 7. The van der Waals surface area contributed by atoms with Crippen molar-refractivity contribution in [1.29, 1.82) is 0 Å². The van der Waals surface area contributed by atoms with E-state index < -0.39 is 17.2 Å². The molecule has 442 valence electrons. The summed E-state index contributed by atoms with van der Waals surface area (Å²) < 4.78 is 29.5. The van der Waals surface area contributed by atoms with Crippen molar-refractivity contribution >= 4 is 44.6 Å². The van der Waals surface area contributed by atoms with Crippen molar-refractivity contribution in [2.24, 2.45) is 5.41 Å². The summed E-state index contributed by atoms with van der Waals surface area (Å²) in [5.74, 6) is 2.26. The molecule has 14 rings (SSSR count). The van der Waals surface area contributed by atoms with Crippen LogP contribution in [0.15, 0.2) is 243 Å². The van der Waals surface area contributed by atoms with E-state index in [4.69, 9.17) is 9.72 Å². The average Bonchev–Trinajstić information content (AvgIpc) is 1.56. The molecule has 1 aliphatic heterocycles. The molecular weight excluding hydrogens is 1080 g/mol. The molecular formula is C84H80N4O. The first-order valence-electron chi connectivity index (χ1n) is 32.5. The smallest absolute Gasteiger partial charge is 0.137 e. The maximum absolute atomic E-state index is 9.79. The number of aromatic nitrogens is 2. The number of para-hydroxylation sites is 3. The van der Waals surface area contributed by atoms with Crippen LogP contribution in [0.1, 0.15) is 130 Å². The monoisotopic (exact) mass is 1160 g/mol. The Bertz CT molecular complexity index is 4660. The fraction of sp³-hybridized carbons (Fsp3) is 0.226. The van der Waals surface area contributed by atoms with Crippen LogP contribution in [0.2, 0.25) is 0 Å². The lowest BCUT2D eigenvalue weighted by Gasteiger charge is -2.37. The number of rotatable bonds is 10. The van der Waals surface area contributed by atoms with Gasteiger partial charge in [-0.05, 0) is 162 Å². The van der Waals surface area contributed by atoms with E-state index in [1.54, 1.807) is 0 Å². The van der Waals surface area contributed by atoms with Crippen LogP contribution in [0, 0.1) is 5.41 Å². The molecule has 0 atom stereocenters. The van der Waals surface area contributed by atoms with Crippen LogP contribution < -0.4 is 14.5 Å². The molecule has 5 heteroatoms. The molecule has 2 aliphatic rings.